The molecule has 3 aromatic rings. The summed E-state index contributed by atoms with van der Waals surface area (Å²) in [5.74, 6) is 0.698. The third kappa shape index (κ3) is 3.79. The molecule has 7 heteroatoms. The van der Waals surface area contributed by atoms with Crippen molar-refractivity contribution in [1.82, 2.24) is 19.8 Å². The molecule has 2 aromatic heterocycles. The van der Waals surface area contributed by atoms with Gasteiger partial charge < -0.3 is 5.32 Å². The van der Waals surface area contributed by atoms with Gasteiger partial charge in [0, 0.05) is 26.1 Å². The summed E-state index contributed by atoms with van der Waals surface area (Å²) in [6.45, 7) is 10.2. The van der Waals surface area contributed by atoms with E-state index in [1.165, 1.54) is 16.9 Å². The van der Waals surface area contributed by atoms with Crippen LogP contribution in [0.15, 0.2) is 29.1 Å². The Morgan fingerprint density at radius 3 is 2.70 bits per heavy atom. The second kappa shape index (κ2) is 8.70. The number of rotatable bonds is 7. The number of hydrogen-bond acceptors (Lipinski definition) is 5. The van der Waals surface area contributed by atoms with Crippen LogP contribution < -0.4 is 10.9 Å². The molecule has 158 valence electrons. The van der Waals surface area contributed by atoms with Crippen LogP contribution in [-0.4, -0.2) is 33.4 Å². The summed E-state index contributed by atoms with van der Waals surface area (Å²) in [4.78, 5) is 34.1. The van der Waals surface area contributed by atoms with Crippen LogP contribution in [0.2, 0.25) is 0 Å². The highest BCUT2D eigenvalue weighted by molar-refractivity contribution is 7.20. The van der Waals surface area contributed by atoms with Crippen molar-refractivity contribution < 1.29 is 4.79 Å². The van der Waals surface area contributed by atoms with E-state index in [0.717, 1.165) is 56.0 Å². The Morgan fingerprint density at radius 2 is 1.97 bits per heavy atom. The van der Waals surface area contributed by atoms with E-state index in [9.17, 15) is 9.59 Å². The van der Waals surface area contributed by atoms with Crippen molar-refractivity contribution in [3.05, 3.63) is 62.0 Å². The Labute approximate surface area is 180 Å². The highest BCUT2D eigenvalue weighted by Crippen LogP contribution is 2.28. The molecular formula is C23H28N4O2S. The second-order valence-corrected chi connectivity index (χ2v) is 8.74. The van der Waals surface area contributed by atoms with E-state index < -0.39 is 0 Å². The van der Waals surface area contributed by atoms with Gasteiger partial charge in [0.2, 0.25) is 0 Å². The van der Waals surface area contributed by atoms with Gasteiger partial charge in [0.05, 0.1) is 10.3 Å². The summed E-state index contributed by atoms with van der Waals surface area (Å²) >= 11 is 1.32. The lowest BCUT2D eigenvalue weighted by molar-refractivity contribution is 0.0954. The zero-order chi connectivity index (χ0) is 21.3. The van der Waals surface area contributed by atoms with E-state index in [-0.39, 0.29) is 11.5 Å². The third-order valence-corrected chi connectivity index (χ3v) is 7.15. The summed E-state index contributed by atoms with van der Waals surface area (Å²) in [6.07, 6.45) is 1.78. The van der Waals surface area contributed by atoms with Gasteiger partial charge in [0.1, 0.15) is 10.7 Å². The smallest absolute Gasteiger partial charge is 0.262 e. The number of aromatic nitrogens is 2. The predicted molar refractivity (Wildman–Crippen MR) is 121 cm³/mol. The van der Waals surface area contributed by atoms with Crippen LogP contribution in [-0.2, 0) is 26.1 Å². The van der Waals surface area contributed by atoms with Crippen molar-refractivity contribution in [3.8, 4) is 0 Å². The Balaban J connectivity index is 1.56. The fourth-order valence-corrected chi connectivity index (χ4v) is 5.23. The fraction of sp³-hybridized carbons (Fsp3) is 0.435. The van der Waals surface area contributed by atoms with Crippen molar-refractivity contribution in [3.63, 3.8) is 0 Å². The van der Waals surface area contributed by atoms with Crippen LogP contribution in [0.4, 0.5) is 0 Å². The minimum Gasteiger partial charge on any atom is -0.347 e. The second-order valence-electron chi connectivity index (χ2n) is 7.74. The van der Waals surface area contributed by atoms with E-state index in [1.807, 2.05) is 19.1 Å². The molecule has 0 bridgehead atoms. The summed E-state index contributed by atoms with van der Waals surface area (Å²) in [6, 6.07) is 8.23. The minimum atomic E-state index is -0.141. The zero-order valence-corrected chi connectivity index (χ0v) is 18.6. The number of benzene rings is 1. The largest absolute Gasteiger partial charge is 0.347 e. The average Bonchev–Trinajstić information content (AvgIpc) is 3.36. The zero-order valence-electron chi connectivity index (χ0n) is 17.8. The number of nitrogens with one attached hydrogen (secondary N) is 1. The number of carbonyl (C=O) groups excluding carboxylic acids is 1. The first kappa shape index (κ1) is 20.8. The Morgan fingerprint density at radius 1 is 1.23 bits per heavy atom. The number of amides is 1. The molecular weight excluding hydrogens is 396 g/mol. The summed E-state index contributed by atoms with van der Waals surface area (Å²) in [7, 11) is 0. The summed E-state index contributed by atoms with van der Waals surface area (Å²) in [5, 5.41) is 3.65. The third-order valence-electron chi connectivity index (χ3n) is 5.96. The Hall–Kier alpha value is -2.51. The van der Waals surface area contributed by atoms with E-state index >= 15 is 0 Å². The van der Waals surface area contributed by atoms with Gasteiger partial charge in [-0.05, 0) is 43.1 Å². The van der Waals surface area contributed by atoms with Crippen LogP contribution >= 0.6 is 11.3 Å². The van der Waals surface area contributed by atoms with Crippen molar-refractivity contribution >= 4 is 27.5 Å². The number of hydrogen-bond donors (Lipinski definition) is 1. The molecule has 1 amide bonds. The Kier molecular flexibility index (Phi) is 6.01. The van der Waals surface area contributed by atoms with Crippen molar-refractivity contribution in [2.75, 3.05) is 13.1 Å². The number of nitrogens with zero attached hydrogens (tertiary/aromatic N) is 3. The first-order chi connectivity index (χ1) is 14.5. The molecule has 1 N–H and O–H groups in total. The first-order valence-corrected chi connectivity index (χ1v) is 11.4. The van der Waals surface area contributed by atoms with Crippen LogP contribution in [0.25, 0.3) is 10.2 Å². The molecule has 1 aliphatic rings. The van der Waals surface area contributed by atoms with E-state index in [4.69, 9.17) is 0 Å². The molecule has 1 aliphatic heterocycles. The van der Waals surface area contributed by atoms with Gasteiger partial charge in [-0.2, -0.15) is 0 Å². The molecule has 4 rings (SSSR count). The van der Waals surface area contributed by atoms with E-state index in [0.29, 0.717) is 21.6 Å². The molecule has 0 saturated heterocycles. The van der Waals surface area contributed by atoms with Gasteiger partial charge in [-0.25, -0.2) is 4.98 Å². The SMILES string of the molecule is CCN(CC)Cc1ccccc1CNC(=O)c1sc2nc3n(c(=O)c2c1C)CCC3. The molecule has 0 radical (unpaired) electrons. The van der Waals surface area contributed by atoms with Crippen LogP contribution in [0, 0.1) is 6.92 Å². The molecule has 0 saturated carbocycles. The maximum atomic E-state index is 13.0. The highest BCUT2D eigenvalue weighted by Gasteiger charge is 2.23. The molecule has 6 nitrogen and oxygen atoms in total. The number of aryl methyl sites for hydroxylation is 2. The van der Waals surface area contributed by atoms with Crippen molar-refractivity contribution in [2.24, 2.45) is 0 Å². The van der Waals surface area contributed by atoms with Crippen LogP contribution in [0.3, 0.4) is 0 Å². The molecule has 0 unspecified atom stereocenters. The quantitative estimate of drug-likeness (QED) is 0.631. The lowest BCUT2D eigenvalue weighted by atomic mass is 10.1. The van der Waals surface area contributed by atoms with Crippen molar-refractivity contribution in [2.45, 2.75) is 53.2 Å². The lowest BCUT2D eigenvalue weighted by Crippen LogP contribution is -2.26. The van der Waals surface area contributed by atoms with E-state index in [2.05, 4.69) is 41.2 Å². The molecule has 30 heavy (non-hydrogen) atoms. The van der Waals surface area contributed by atoms with Gasteiger partial charge in [-0.3, -0.25) is 19.1 Å². The topological polar surface area (TPSA) is 67.2 Å². The molecule has 1 aromatic carbocycles. The standard InChI is InChI=1S/C23H28N4O2S/c1-4-26(5-2)14-17-10-7-6-9-16(17)13-24-21(28)20-15(3)19-22(30-20)25-18-11-8-12-27(18)23(19)29/h6-7,9-10H,4-5,8,11-14H2,1-3H3,(H,24,28). The first-order valence-electron chi connectivity index (χ1n) is 10.6. The van der Waals surface area contributed by atoms with Crippen molar-refractivity contribution in [1.29, 1.82) is 0 Å². The van der Waals surface area contributed by atoms with Gasteiger partial charge in [0.15, 0.2) is 0 Å². The monoisotopic (exact) mass is 424 g/mol. The maximum Gasteiger partial charge on any atom is 0.262 e. The molecule has 0 aliphatic carbocycles. The number of carbonyl (C=O) groups is 1. The molecule has 3 heterocycles. The summed E-state index contributed by atoms with van der Waals surface area (Å²) < 4.78 is 1.76. The van der Waals surface area contributed by atoms with Gasteiger partial charge in [-0.15, -0.1) is 11.3 Å². The summed E-state index contributed by atoms with van der Waals surface area (Å²) in [5.41, 5.74) is 3.08. The number of thiophene rings is 1. The lowest BCUT2D eigenvalue weighted by Gasteiger charge is -2.20. The predicted octanol–water partition coefficient (Wildman–Crippen LogP) is 3.48. The molecule has 0 atom stereocenters. The fourth-order valence-electron chi connectivity index (χ4n) is 4.12. The highest BCUT2D eigenvalue weighted by atomic mass is 32.1. The number of fused-ring (bicyclic) bond motifs is 2. The van der Waals surface area contributed by atoms with Gasteiger partial charge in [0.25, 0.3) is 11.5 Å². The van der Waals surface area contributed by atoms with Crippen LogP contribution in [0.5, 0.6) is 0 Å². The molecule has 0 spiro atoms. The van der Waals surface area contributed by atoms with Gasteiger partial charge in [-0.1, -0.05) is 38.1 Å². The normalized spacial score (nSPS) is 13.2. The van der Waals surface area contributed by atoms with E-state index in [1.54, 1.807) is 4.57 Å². The minimum absolute atomic E-state index is 0.00938. The maximum absolute atomic E-state index is 13.0. The average molecular weight is 425 g/mol. The Bertz CT molecular complexity index is 1140. The van der Waals surface area contributed by atoms with Gasteiger partial charge >= 0.3 is 0 Å². The van der Waals surface area contributed by atoms with Crippen LogP contribution in [0.1, 0.15) is 52.5 Å². The molecule has 0 fully saturated rings.